The van der Waals surface area contributed by atoms with Crippen molar-refractivity contribution in [2.24, 2.45) is 5.41 Å². The van der Waals surface area contributed by atoms with Gasteiger partial charge in [-0.2, -0.15) is 0 Å². The van der Waals surface area contributed by atoms with Gasteiger partial charge in [0.2, 0.25) is 0 Å². The number of aryl methyl sites for hydroxylation is 2. The molecule has 2 aliphatic rings. The van der Waals surface area contributed by atoms with Gasteiger partial charge in [0.25, 0.3) is 0 Å². The molecule has 0 amide bonds. The van der Waals surface area contributed by atoms with Gasteiger partial charge in [-0.25, -0.2) is 0 Å². The van der Waals surface area contributed by atoms with E-state index in [2.05, 4.69) is 37.4 Å². The molecule has 0 radical (unpaired) electrons. The van der Waals surface area contributed by atoms with Crippen molar-refractivity contribution >= 4 is 0 Å². The molecule has 1 saturated heterocycles. The van der Waals surface area contributed by atoms with Crippen LogP contribution >= 0.6 is 0 Å². The Hall–Kier alpha value is -0.860. The molecule has 92 valence electrons. The second-order valence-electron chi connectivity index (χ2n) is 5.98. The zero-order valence-electron chi connectivity index (χ0n) is 10.8. The highest BCUT2D eigenvalue weighted by atomic mass is 16.5. The van der Waals surface area contributed by atoms with Gasteiger partial charge < -0.3 is 10.1 Å². The molecular weight excluding hydrogens is 210 g/mol. The quantitative estimate of drug-likeness (QED) is 0.863. The Morgan fingerprint density at radius 3 is 2.94 bits per heavy atom. The van der Waals surface area contributed by atoms with Crippen molar-refractivity contribution in [3.63, 3.8) is 0 Å². The molecule has 17 heavy (non-hydrogen) atoms. The average molecular weight is 231 g/mol. The van der Waals surface area contributed by atoms with Crippen molar-refractivity contribution in [1.82, 2.24) is 5.32 Å². The van der Waals surface area contributed by atoms with Gasteiger partial charge in [0, 0.05) is 18.0 Å². The lowest BCUT2D eigenvalue weighted by Gasteiger charge is -2.39. The van der Waals surface area contributed by atoms with Crippen molar-refractivity contribution < 1.29 is 4.74 Å². The lowest BCUT2D eigenvalue weighted by Crippen LogP contribution is -2.47. The summed E-state index contributed by atoms with van der Waals surface area (Å²) in [6.07, 6.45) is 2.47. The van der Waals surface area contributed by atoms with E-state index in [1.165, 1.54) is 29.5 Å². The van der Waals surface area contributed by atoms with E-state index in [-0.39, 0.29) is 0 Å². The van der Waals surface area contributed by atoms with E-state index < -0.39 is 0 Å². The number of fused-ring (bicyclic) bond motifs is 1. The van der Waals surface area contributed by atoms with Crippen molar-refractivity contribution in [1.29, 1.82) is 0 Å². The van der Waals surface area contributed by atoms with Crippen LogP contribution in [0.25, 0.3) is 0 Å². The summed E-state index contributed by atoms with van der Waals surface area (Å²) in [5.41, 5.74) is 4.79. The third-order valence-corrected chi connectivity index (χ3v) is 4.06. The minimum atomic E-state index is 0.368. The molecule has 1 unspecified atom stereocenters. The zero-order chi connectivity index (χ0) is 11.9. The Kier molecular flexibility index (Phi) is 2.72. The van der Waals surface area contributed by atoms with Crippen LogP contribution < -0.4 is 5.32 Å². The normalized spacial score (nSPS) is 25.4. The van der Waals surface area contributed by atoms with Gasteiger partial charge >= 0.3 is 0 Å². The van der Waals surface area contributed by atoms with E-state index in [0.29, 0.717) is 11.5 Å². The van der Waals surface area contributed by atoms with Crippen LogP contribution in [0, 0.1) is 12.3 Å². The molecule has 0 spiro atoms. The SMILES string of the molecule is Cc1ccc2c(c1)C(NCC1(C)COC1)CC2. The van der Waals surface area contributed by atoms with E-state index in [9.17, 15) is 0 Å². The molecule has 1 fully saturated rings. The van der Waals surface area contributed by atoms with Crippen LogP contribution in [0.4, 0.5) is 0 Å². The van der Waals surface area contributed by atoms with Crippen molar-refractivity contribution in [2.45, 2.75) is 32.7 Å². The highest BCUT2D eigenvalue weighted by Gasteiger charge is 2.34. The molecule has 2 nitrogen and oxygen atoms in total. The van der Waals surface area contributed by atoms with Gasteiger partial charge in [0.15, 0.2) is 0 Å². The van der Waals surface area contributed by atoms with Gasteiger partial charge in [-0.05, 0) is 30.9 Å². The molecule has 1 N–H and O–H groups in total. The first kappa shape index (κ1) is 11.2. The fourth-order valence-electron chi connectivity index (χ4n) is 2.86. The summed E-state index contributed by atoms with van der Waals surface area (Å²) >= 11 is 0. The summed E-state index contributed by atoms with van der Waals surface area (Å²) in [5.74, 6) is 0. The molecule has 1 aliphatic heterocycles. The topological polar surface area (TPSA) is 21.3 Å². The van der Waals surface area contributed by atoms with E-state index in [1.54, 1.807) is 0 Å². The van der Waals surface area contributed by atoms with Gasteiger partial charge in [-0.3, -0.25) is 0 Å². The zero-order valence-corrected chi connectivity index (χ0v) is 10.8. The predicted molar refractivity (Wildman–Crippen MR) is 69.2 cm³/mol. The fraction of sp³-hybridized carbons (Fsp3) is 0.600. The molecule has 1 atom stereocenters. The highest BCUT2D eigenvalue weighted by molar-refractivity contribution is 5.37. The molecule has 0 bridgehead atoms. The van der Waals surface area contributed by atoms with E-state index >= 15 is 0 Å². The maximum absolute atomic E-state index is 5.30. The van der Waals surface area contributed by atoms with Crippen LogP contribution in [-0.4, -0.2) is 19.8 Å². The summed E-state index contributed by atoms with van der Waals surface area (Å²) in [5, 5.41) is 3.73. The lowest BCUT2D eigenvalue weighted by atomic mass is 9.88. The number of hydrogen-bond acceptors (Lipinski definition) is 2. The number of hydrogen-bond donors (Lipinski definition) is 1. The van der Waals surface area contributed by atoms with Crippen molar-refractivity contribution in [3.05, 3.63) is 34.9 Å². The van der Waals surface area contributed by atoms with Crippen LogP contribution in [-0.2, 0) is 11.2 Å². The third-order valence-electron chi connectivity index (χ3n) is 4.06. The maximum atomic E-state index is 5.30. The van der Waals surface area contributed by atoms with Crippen LogP contribution in [0.3, 0.4) is 0 Å². The Morgan fingerprint density at radius 2 is 2.24 bits per heavy atom. The Morgan fingerprint density at radius 1 is 1.41 bits per heavy atom. The first-order valence-electron chi connectivity index (χ1n) is 6.57. The fourth-order valence-corrected chi connectivity index (χ4v) is 2.86. The second-order valence-corrected chi connectivity index (χ2v) is 5.98. The minimum Gasteiger partial charge on any atom is -0.380 e. The third kappa shape index (κ3) is 2.12. The summed E-state index contributed by atoms with van der Waals surface area (Å²) in [7, 11) is 0. The van der Waals surface area contributed by atoms with Gasteiger partial charge in [-0.15, -0.1) is 0 Å². The van der Waals surface area contributed by atoms with Crippen LogP contribution in [0.5, 0.6) is 0 Å². The summed E-state index contributed by atoms with van der Waals surface area (Å²) < 4.78 is 5.30. The first-order chi connectivity index (χ1) is 8.16. The highest BCUT2D eigenvalue weighted by Crippen LogP contribution is 2.33. The van der Waals surface area contributed by atoms with Gasteiger partial charge in [0.1, 0.15) is 0 Å². The van der Waals surface area contributed by atoms with Crippen LogP contribution in [0.1, 0.15) is 36.1 Å². The molecule has 0 saturated carbocycles. The summed E-state index contributed by atoms with van der Waals surface area (Å²) in [6, 6.07) is 7.42. The number of rotatable bonds is 3. The standard InChI is InChI=1S/C15H21NO/c1-11-3-4-12-5-6-14(13(12)7-11)16-8-15(2)9-17-10-15/h3-4,7,14,16H,5-6,8-10H2,1-2H3. The van der Waals surface area contributed by atoms with Crippen molar-refractivity contribution in [2.75, 3.05) is 19.8 Å². The average Bonchev–Trinajstić information content (AvgIpc) is 2.66. The second kappa shape index (κ2) is 4.11. The van der Waals surface area contributed by atoms with Crippen LogP contribution in [0.15, 0.2) is 18.2 Å². The van der Waals surface area contributed by atoms with Crippen LogP contribution in [0.2, 0.25) is 0 Å². The lowest BCUT2D eigenvalue weighted by molar-refractivity contribution is -0.100. The minimum absolute atomic E-state index is 0.368. The Balaban J connectivity index is 1.68. The number of ether oxygens (including phenoxy) is 1. The molecule has 1 aromatic rings. The molecule has 0 aromatic heterocycles. The smallest absolute Gasteiger partial charge is 0.0554 e. The van der Waals surface area contributed by atoms with Gasteiger partial charge in [-0.1, -0.05) is 30.7 Å². The maximum Gasteiger partial charge on any atom is 0.0554 e. The molecule has 3 rings (SSSR count). The van der Waals surface area contributed by atoms with Crippen molar-refractivity contribution in [3.8, 4) is 0 Å². The Bertz CT molecular complexity index is 423. The predicted octanol–water partition coefficient (Wildman–Crippen LogP) is 2.61. The molecule has 1 heterocycles. The Labute approximate surface area is 103 Å². The number of benzene rings is 1. The largest absolute Gasteiger partial charge is 0.380 e. The number of nitrogens with one attached hydrogen (secondary N) is 1. The molecule has 1 aliphatic carbocycles. The van der Waals surface area contributed by atoms with Gasteiger partial charge in [0.05, 0.1) is 13.2 Å². The summed E-state index contributed by atoms with van der Waals surface area (Å²) in [6.45, 7) is 7.37. The van der Waals surface area contributed by atoms with E-state index in [4.69, 9.17) is 4.74 Å². The first-order valence-corrected chi connectivity index (χ1v) is 6.57. The molecule has 2 heteroatoms. The van der Waals surface area contributed by atoms with E-state index in [1.807, 2.05) is 0 Å². The molecular formula is C15H21NO. The monoisotopic (exact) mass is 231 g/mol. The summed E-state index contributed by atoms with van der Waals surface area (Å²) in [4.78, 5) is 0. The van der Waals surface area contributed by atoms with E-state index in [0.717, 1.165) is 19.8 Å². The molecule has 1 aromatic carbocycles.